The third-order valence-corrected chi connectivity index (χ3v) is 7.10. The maximum Gasteiger partial charge on any atom is 0.329 e. The van der Waals surface area contributed by atoms with Crippen molar-refractivity contribution in [2.45, 2.75) is 38.8 Å². The van der Waals surface area contributed by atoms with Gasteiger partial charge in [-0.3, -0.25) is 14.1 Å². The minimum atomic E-state index is -0.352. The summed E-state index contributed by atoms with van der Waals surface area (Å²) in [5.41, 5.74) is 3.10. The molecular formula is C26H31FN6O. The van der Waals surface area contributed by atoms with Crippen LogP contribution in [0.25, 0.3) is 33.1 Å². The van der Waals surface area contributed by atoms with E-state index in [0.29, 0.717) is 22.7 Å². The van der Waals surface area contributed by atoms with Crippen LogP contribution in [0.15, 0.2) is 41.5 Å². The molecule has 0 N–H and O–H groups in total. The molecule has 4 heterocycles. The Hall–Kier alpha value is -3.26. The maximum absolute atomic E-state index is 15.2. The number of rotatable bonds is 4. The molecule has 0 atom stereocenters. The van der Waals surface area contributed by atoms with Crippen molar-refractivity contribution in [3.63, 3.8) is 0 Å². The summed E-state index contributed by atoms with van der Waals surface area (Å²) in [4.78, 5) is 26.5. The third kappa shape index (κ3) is 3.66. The van der Waals surface area contributed by atoms with Crippen molar-refractivity contribution >= 4 is 27.8 Å². The predicted molar refractivity (Wildman–Crippen MR) is 135 cm³/mol. The highest BCUT2D eigenvalue weighted by atomic mass is 19.1. The predicted octanol–water partition coefficient (Wildman–Crippen LogP) is 4.20. The number of aryl methyl sites for hydroxylation is 1. The fraction of sp³-hybridized carbons (Fsp3) is 0.423. The fourth-order valence-corrected chi connectivity index (χ4v) is 5.09. The van der Waals surface area contributed by atoms with Crippen molar-refractivity contribution in [2.24, 2.45) is 7.05 Å². The summed E-state index contributed by atoms with van der Waals surface area (Å²) < 4.78 is 18.5. The Bertz CT molecular complexity index is 1410. The Kier molecular flexibility index (Phi) is 5.64. The van der Waals surface area contributed by atoms with E-state index >= 15 is 4.39 Å². The molecule has 0 unspecified atom stereocenters. The fourth-order valence-electron chi connectivity index (χ4n) is 5.09. The SMILES string of the molecule is CC(C)n1c(=O)n(C)c2cnc3cc(F)c(-c4ccc(N5CCC(N(C)C)CC5)nc4)cc3c21. The number of pyridine rings is 2. The number of anilines is 1. The second-order valence-corrected chi connectivity index (χ2v) is 9.73. The summed E-state index contributed by atoms with van der Waals surface area (Å²) in [6, 6.07) is 7.73. The van der Waals surface area contributed by atoms with E-state index in [2.05, 4.69) is 33.9 Å². The Morgan fingerprint density at radius 3 is 2.44 bits per heavy atom. The number of halogens is 1. The molecule has 5 rings (SSSR count). The van der Waals surface area contributed by atoms with Crippen LogP contribution in [0.1, 0.15) is 32.7 Å². The number of hydrogen-bond acceptors (Lipinski definition) is 5. The van der Waals surface area contributed by atoms with Crippen molar-refractivity contribution in [3.8, 4) is 11.1 Å². The molecule has 1 aromatic carbocycles. The Labute approximate surface area is 198 Å². The van der Waals surface area contributed by atoms with Gasteiger partial charge in [0.1, 0.15) is 11.6 Å². The van der Waals surface area contributed by atoms with Gasteiger partial charge >= 0.3 is 5.69 Å². The molecule has 178 valence electrons. The summed E-state index contributed by atoms with van der Waals surface area (Å²) in [6.07, 6.45) is 5.60. The summed E-state index contributed by atoms with van der Waals surface area (Å²) in [5, 5.41) is 0.759. The summed E-state index contributed by atoms with van der Waals surface area (Å²) in [7, 11) is 6.00. The molecular weight excluding hydrogens is 431 g/mol. The molecule has 0 aliphatic carbocycles. The molecule has 0 radical (unpaired) electrons. The van der Waals surface area contributed by atoms with E-state index in [1.807, 2.05) is 26.0 Å². The summed E-state index contributed by atoms with van der Waals surface area (Å²) in [6.45, 7) is 5.87. The average molecular weight is 463 g/mol. The largest absolute Gasteiger partial charge is 0.357 e. The van der Waals surface area contributed by atoms with Crippen LogP contribution in [0.5, 0.6) is 0 Å². The molecule has 0 bridgehead atoms. The lowest BCUT2D eigenvalue weighted by molar-refractivity contribution is 0.249. The van der Waals surface area contributed by atoms with Gasteiger partial charge in [0.15, 0.2) is 0 Å². The molecule has 3 aromatic heterocycles. The van der Waals surface area contributed by atoms with Gasteiger partial charge in [-0.05, 0) is 59.0 Å². The number of benzene rings is 1. The molecule has 1 fully saturated rings. The molecule has 1 aliphatic rings. The standard InChI is InChI=1S/C26H31FN6O/c1-16(2)33-25-20-12-19(21(27)13-22(20)28-15-23(25)31(5)26(33)34)17-6-7-24(29-14-17)32-10-8-18(9-11-32)30(3)4/h6-7,12-16,18H,8-11H2,1-5H3. The van der Waals surface area contributed by atoms with Crippen molar-refractivity contribution in [2.75, 3.05) is 32.1 Å². The molecule has 0 saturated carbocycles. The number of piperidine rings is 1. The lowest BCUT2D eigenvalue weighted by Crippen LogP contribution is -2.42. The zero-order chi connectivity index (χ0) is 24.1. The first-order chi connectivity index (χ1) is 16.3. The summed E-state index contributed by atoms with van der Waals surface area (Å²) in [5.74, 6) is 0.568. The van der Waals surface area contributed by atoms with Crippen LogP contribution in [0.3, 0.4) is 0 Å². The number of nitrogens with zero attached hydrogens (tertiary/aromatic N) is 6. The van der Waals surface area contributed by atoms with Gasteiger partial charge in [-0.1, -0.05) is 0 Å². The van der Waals surface area contributed by atoms with Crippen LogP contribution in [0.4, 0.5) is 10.2 Å². The highest BCUT2D eigenvalue weighted by Gasteiger charge is 2.22. The molecule has 7 nitrogen and oxygen atoms in total. The van der Waals surface area contributed by atoms with E-state index in [4.69, 9.17) is 0 Å². The van der Waals surface area contributed by atoms with Crippen molar-refractivity contribution in [1.82, 2.24) is 24.0 Å². The maximum atomic E-state index is 15.2. The summed E-state index contributed by atoms with van der Waals surface area (Å²) >= 11 is 0. The Morgan fingerprint density at radius 1 is 1.09 bits per heavy atom. The molecule has 0 amide bonds. The topological polar surface area (TPSA) is 59.2 Å². The van der Waals surface area contributed by atoms with E-state index in [0.717, 1.165) is 48.2 Å². The lowest BCUT2D eigenvalue weighted by atomic mass is 10.0. The monoisotopic (exact) mass is 462 g/mol. The minimum Gasteiger partial charge on any atom is -0.357 e. The zero-order valence-electron chi connectivity index (χ0n) is 20.4. The van der Waals surface area contributed by atoms with Crippen LogP contribution in [0, 0.1) is 5.82 Å². The van der Waals surface area contributed by atoms with Gasteiger partial charge in [0, 0.05) is 61.0 Å². The van der Waals surface area contributed by atoms with Gasteiger partial charge in [0.25, 0.3) is 0 Å². The highest BCUT2D eigenvalue weighted by molar-refractivity contribution is 6.04. The van der Waals surface area contributed by atoms with E-state index in [-0.39, 0.29) is 17.5 Å². The molecule has 1 saturated heterocycles. The van der Waals surface area contributed by atoms with Gasteiger partial charge < -0.3 is 9.80 Å². The second-order valence-electron chi connectivity index (χ2n) is 9.73. The van der Waals surface area contributed by atoms with Gasteiger partial charge in [-0.15, -0.1) is 0 Å². The van der Waals surface area contributed by atoms with Crippen molar-refractivity contribution in [1.29, 1.82) is 0 Å². The normalized spacial score (nSPS) is 15.4. The molecule has 0 spiro atoms. The highest BCUT2D eigenvalue weighted by Crippen LogP contribution is 2.32. The molecule has 34 heavy (non-hydrogen) atoms. The van der Waals surface area contributed by atoms with E-state index in [1.165, 1.54) is 6.07 Å². The molecule has 4 aromatic rings. The van der Waals surface area contributed by atoms with Crippen LogP contribution in [0.2, 0.25) is 0 Å². The van der Waals surface area contributed by atoms with Crippen molar-refractivity contribution < 1.29 is 4.39 Å². The lowest BCUT2D eigenvalue weighted by Gasteiger charge is -2.35. The van der Waals surface area contributed by atoms with Crippen molar-refractivity contribution in [3.05, 3.63) is 53.0 Å². The first kappa shape index (κ1) is 22.5. The zero-order valence-corrected chi connectivity index (χ0v) is 20.4. The van der Waals surface area contributed by atoms with Gasteiger partial charge in [0.2, 0.25) is 0 Å². The second kappa shape index (κ2) is 8.51. The molecule has 8 heteroatoms. The van der Waals surface area contributed by atoms with E-state index < -0.39 is 0 Å². The van der Waals surface area contributed by atoms with E-state index in [9.17, 15) is 4.79 Å². The Balaban J connectivity index is 1.55. The number of aromatic nitrogens is 4. The van der Waals surface area contributed by atoms with Crippen LogP contribution >= 0.6 is 0 Å². The number of imidazole rings is 1. The average Bonchev–Trinajstić information content (AvgIpc) is 3.09. The van der Waals surface area contributed by atoms with Crippen LogP contribution < -0.4 is 10.6 Å². The first-order valence-corrected chi connectivity index (χ1v) is 11.8. The van der Waals surface area contributed by atoms with E-state index in [1.54, 1.807) is 34.6 Å². The van der Waals surface area contributed by atoms with Gasteiger partial charge in [-0.25, -0.2) is 14.2 Å². The van der Waals surface area contributed by atoms with Crippen LogP contribution in [-0.4, -0.2) is 57.2 Å². The number of hydrogen-bond donors (Lipinski definition) is 0. The number of fused-ring (bicyclic) bond motifs is 3. The molecule has 1 aliphatic heterocycles. The third-order valence-electron chi connectivity index (χ3n) is 7.10. The van der Waals surface area contributed by atoms with Gasteiger partial charge in [-0.2, -0.15) is 0 Å². The quantitative estimate of drug-likeness (QED) is 0.455. The van der Waals surface area contributed by atoms with Crippen LogP contribution in [-0.2, 0) is 7.05 Å². The van der Waals surface area contributed by atoms with Gasteiger partial charge in [0.05, 0.1) is 22.7 Å². The first-order valence-electron chi connectivity index (χ1n) is 11.8. The minimum absolute atomic E-state index is 0.0344. The smallest absolute Gasteiger partial charge is 0.329 e. The Morgan fingerprint density at radius 2 is 1.82 bits per heavy atom.